The van der Waals surface area contributed by atoms with Crippen LogP contribution in [0.1, 0.15) is 24.6 Å². The molecule has 0 bridgehead atoms. The first kappa shape index (κ1) is 17.2. The Morgan fingerprint density at radius 1 is 1.23 bits per heavy atom. The molecule has 1 saturated heterocycles. The van der Waals surface area contributed by atoms with E-state index in [9.17, 15) is 0 Å². The van der Waals surface area contributed by atoms with Crippen LogP contribution in [-0.2, 0) is 9.26 Å². The molecule has 3 atom stereocenters. The normalized spacial score (nSPS) is 21.1. The van der Waals surface area contributed by atoms with Crippen molar-refractivity contribution in [1.29, 1.82) is 0 Å². The standard InChI is InChI=1S/C18H21N4O3P/c1-26(25-13-5-3-2-4-6-13)23-11-14-7-10-17(24-14)15-8-9-16-18(19)20-12-21-22(15)16/h2-6,8-9,12,14,17H,7,10-11H2,1H3,(H2,19,20,21). The number of aromatic nitrogens is 3. The van der Waals surface area contributed by atoms with E-state index in [1.165, 1.54) is 6.33 Å². The molecule has 0 aliphatic carbocycles. The molecule has 136 valence electrons. The van der Waals surface area contributed by atoms with Crippen LogP contribution in [0.2, 0.25) is 0 Å². The molecule has 2 aromatic heterocycles. The zero-order valence-corrected chi connectivity index (χ0v) is 15.4. The van der Waals surface area contributed by atoms with Crippen LogP contribution in [0, 0.1) is 0 Å². The Morgan fingerprint density at radius 3 is 2.92 bits per heavy atom. The molecule has 3 unspecified atom stereocenters. The Kier molecular flexibility index (Phi) is 5.02. The van der Waals surface area contributed by atoms with E-state index in [0.29, 0.717) is 12.4 Å². The van der Waals surface area contributed by atoms with Crippen LogP contribution >= 0.6 is 8.38 Å². The van der Waals surface area contributed by atoms with Gasteiger partial charge in [0.25, 0.3) is 0 Å². The number of benzene rings is 1. The summed E-state index contributed by atoms with van der Waals surface area (Å²) >= 11 is 0. The van der Waals surface area contributed by atoms with Crippen LogP contribution in [0.25, 0.3) is 5.52 Å². The minimum absolute atomic E-state index is 0.0153. The number of rotatable bonds is 6. The molecule has 8 heteroatoms. The number of nitrogens with zero attached hydrogens (tertiary/aromatic N) is 3. The molecule has 1 fully saturated rings. The highest BCUT2D eigenvalue weighted by Gasteiger charge is 2.29. The van der Waals surface area contributed by atoms with Crippen LogP contribution in [0.5, 0.6) is 5.75 Å². The van der Waals surface area contributed by atoms with E-state index >= 15 is 0 Å². The van der Waals surface area contributed by atoms with Gasteiger partial charge in [-0.05, 0) is 37.1 Å². The van der Waals surface area contributed by atoms with Gasteiger partial charge in [0.15, 0.2) is 5.82 Å². The maximum absolute atomic E-state index is 6.16. The first-order chi connectivity index (χ1) is 12.7. The van der Waals surface area contributed by atoms with E-state index in [1.807, 2.05) is 53.6 Å². The molecular weight excluding hydrogens is 351 g/mol. The maximum atomic E-state index is 6.16. The second kappa shape index (κ2) is 7.58. The molecule has 3 heterocycles. The molecule has 4 rings (SSSR count). The van der Waals surface area contributed by atoms with Gasteiger partial charge in [-0.25, -0.2) is 9.50 Å². The first-order valence-corrected chi connectivity index (χ1v) is 10.2. The number of nitrogens with two attached hydrogens (primary N) is 1. The van der Waals surface area contributed by atoms with Crippen molar-refractivity contribution < 1.29 is 13.8 Å². The number of hydrogen-bond acceptors (Lipinski definition) is 6. The maximum Gasteiger partial charge on any atom is 0.226 e. The first-order valence-electron chi connectivity index (χ1n) is 8.54. The fourth-order valence-corrected chi connectivity index (χ4v) is 3.95. The molecule has 0 spiro atoms. The Hall–Kier alpha value is -2.21. The topological polar surface area (TPSA) is 83.9 Å². The highest BCUT2D eigenvalue weighted by Crippen LogP contribution is 2.38. The molecule has 1 aliphatic heterocycles. The van der Waals surface area contributed by atoms with Crippen LogP contribution in [0.3, 0.4) is 0 Å². The zero-order valence-electron chi connectivity index (χ0n) is 14.5. The minimum atomic E-state index is -0.987. The van der Waals surface area contributed by atoms with Crippen molar-refractivity contribution in [1.82, 2.24) is 14.6 Å². The lowest BCUT2D eigenvalue weighted by molar-refractivity contribution is 0.0155. The van der Waals surface area contributed by atoms with E-state index in [-0.39, 0.29) is 12.2 Å². The van der Waals surface area contributed by atoms with Gasteiger partial charge in [0, 0.05) is 6.66 Å². The SMILES string of the molecule is CP(OCC1CCC(c2ccc3c(N)ncnn23)O1)Oc1ccccc1. The van der Waals surface area contributed by atoms with Gasteiger partial charge < -0.3 is 19.5 Å². The van der Waals surface area contributed by atoms with Crippen molar-refractivity contribution in [3.63, 3.8) is 0 Å². The summed E-state index contributed by atoms with van der Waals surface area (Å²) in [5.74, 6) is 1.29. The van der Waals surface area contributed by atoms with Crippen LogP contribution in [0.15, 0.2) is 48.8 Å². The van der Waals surface area contributed by atoms with Crippen molar-refractivity contribution in [3.8, 4) is 5.75 Å². The number of nitrogen functional groups attached to an aromatic ring is 1. The molecule has 0 radical (unpaired) electrons. The average Bonchev–Trinajstić information content (AvgIpc) is 3.28. The second-order valence-corrected chi connectivity index (χ2v) is 7.48. The fraction of sp³-hybridized carbons (Fsp3) is 0.333. The van der Waals surface area contributed by atoms with Crippen molar-refractivity contribution in [2.45, 2.75) is 25.0 Å². The lowest BCUT2D eigenvalue weighted by Crippen LogP contribution is -2.14. The molecular formula is C18H21N4O3P. The zero-order chi connectivity index (χ0) is 17.9. The Morgan fingerprint density at radius 2 is 2.08 bits per heavy atom. The summed E-state index contributed by atoms with van der Waals surface area (Å²) in [6.07, 6.45) is 3.36. The number of hydrogen-bond donors (Lipinski definition) is 1. The molecule has 2 N–H and O–H groups in total. The Bertz CT molecular complexity index is 873. The molecule has 7 nitrogen and oxygen atoms in total. The summed E-state index contributed by atoms with van der Waals surface area (Å²) in [4.78, 5) is 4.02. The molecule has 26 heavy (non-hydrogen) atoms. The highest BCUT2D eigenvalue weighted by molar-refractivity contribution is 7.46. The number of para-hydroxylation sites is 1. The molecule has 1 aromatic carbocycles. The summed E-state index contributed by atoms with van der Waals surface area (Å²) in [5.41, 5.74) is 7.70. The van der Waals surface area contributed by atoms with Gasteiger partial charge in [-0.3, -0.25) is 0 Å². The third-order valence-corrected chi connectivity index (χ3v) is 5.35. The van der Waals surface area contributed by atoms with Crippen molar-refractivity contribution in [3.05, 3.63) is 54.5 Å². The lowest BCUT2D eigenvalue weighted by atomic mass is 10.1. The highest BCUT2D eigenvalue weighted by atomic mass is 31.2. The fourth-order valence-electron chi connectivity index (χ4n) is 3.11. The quantitative estimate of drug-likeness (QED) is 0.666. The lowest BCUT2D eigenvalue weighted by Gasteiger charge is -2.17. The van der Waals surface area contributed by atoms with Gasteiger partial charge in [-0.1, -0.05) is 18.2 Å². The van der Waals surface area contributed by atoms with Gasteiger partial charge in [0.1, 0.15) is 23.7 Å². The summed E-state index contributed by atoms with van der Waals surface area (Å²) in [5, 5.41) is 4.29. The summed E-state index contributed by atoms with van der Waals surface area (Å²) < 4.78 is 19.6. The summed E-state index contributed by atoms with van der Waals surface area (Å²) in [7, 11) is -0.987. The van der Waals surface area contributed by atoms with E-state index in [2.05, 4.69) is 10.1 Å². The van der Waals surface area contributed by atoms with Crippen molar-refractivity contribution in [2.24, 2.45) is 0 Å². The minimum Gasteiger partial charge on any atom is -0.448 e. The molecule has 0 amide bonds. The van der Waals surface area contributed by atoms with Crippen molar-refractivity contribution >= 4 is 19.7 Å². The summed E-state index contributed by atoms with van der Waals surface area (Å²) in [6.45, 7) is 2.47. The van der Waals surface area contributed by atoms with Crippen molar-refractivity contribution in [2.75, 3.05) is 19.0 Å². The third-order valence-electron chi connectivity index (χ3n) is 4.37. The van der Waals surface area contributed by atoms with E-state index < -0.39 is 8.38 Å². The van der Waals surface area contributed by atoms with Crippen LogP contribution < -0.4 is 10.3 Å². The summed E-state index contributed by atoms with van der Waals surface area (Å²) in [6, 6.07) is 13.6. The average molecular weight is 372 g/mol. The predicted octanol–water partition coefficient (Wildman–Crippen LogP) is 3.57. The number of ether oxygens (including phenoxy) is 1. The predicted molar refractivity (Wildman–Crippen MR) is 100 cm³/mol. The molecule has 3 aromatic rings. The van der Waals surface area contributed by atoms with E-state index in [0.717, 1.165) is 29.8 Å². The Balaban J connectivity index is 1.33. The van der Waals surface area contributed by atoms with Crippen LogP contribution in [0.4, 0.5) is 5.82 Å². The smallest absolute Gasteiger partial charge is 0.226 e. The van der Waals surface area contributed by atoms with Gasteiger partial charge in [0.05, 0.1) is 18.4 Å². The van der Waals surface area contributed by atoms with Crippen LogP contribution in [-0.4, -0.2) is 34.0 Å². The Labute approximate surface area is 153 Å². The van der Waals surface area contributed by atoms with Gasteiger partial charge >= 0.3 is 0 Å². The number of anilines is 1. The van der Waals surface area contributed by atoms with Gasteiger partial charge in [-0.2, -0.15) is 5.10 Å². The third kappa shape index (κ3) is 3.65. The van der Waals surface area contributed by atoms with E-state index in [1.54, 1.807) is 0 Å². The number of fused-ring (bicyclic) bond motifs is 1. The van der Waals surface area contributed by atoms with E-state index in [4.69, 9.17) is 19.5 Å². The molecule has 0 saturated carbocycles. The second-order valence-electron chi connectivity index (χ2n) is 6.16. The largest absolute Gasteiger partial charge is 0.448 e. The van der Waals surface area contributed by atoms with Gasteiger partial charge in [-0.15, -0.1) is 0 Å². The monoisotopic (exact) mass is 372 g/mol. The molecule has 1 aliphatic rings. The van der Waals surface area contributed by atoms with Gasteiger partial charge in [0.2, 0.25) is 8.38 Å².